The number of nitrogens with zero attached hydrogens (tertiary/aromatic N) is 2. The summed E-state index contributed by atoms with van der Waals surface area (Å²) in [5, 5.41) is 0. The van der Waals surface area contributed by atoms with Crippen LogP contribution < -0.4 is 11.2 Å². The molecule has 0 bridgehead atoms. The molecule has 2 rings (SSSR count). The molecule has 0 N–H and O–H groups in total. The first-order valence-corrected chi connectivity index (χ1v) is 6.87. The van der Waals surface area contributed by atoms with Crippen LogP contribution in [0.15, 0.2) is 40.1 Å². The smallest absolute Gasteiger partial charge is 0.303 e. The van der Waals surface area contributed by atoms with Gasteiger partial charge in [-0.3, -0.25) is 14.2 Å². The SMILES string of the molecule is Cc1ccc(C(=O)C=Cc2cn(C)c(=O)n(C)c2=O)c(C)c1. The zero-order valence-corrected chi connectivity index (χ0v) is 13.1. The van der Waals surface area contributed by atoms with Crippen LogP contribution in [-0.2, 0) is 14.1 Å². The molecule has 1 aromatic heterocycles. The van der Waals surface area contributed by atoms with E-state index in [0.717, 1.165) is 15.7 Å². The lowest BCUT2D eigenvalue weighted by molar-refractivity contribution is 0.104. The van der Waals surface area contributed by atoms with E-state index in [2.05, 4.69) is 0 Å². The molecule has 22 heavy (non-hydrogen) atoms. The van der Waals surface area contributed by atoms with Crippen LogP contribution in [0.1, 0.15) is 27.0 Å². The van der Waals surface area contributed by atoms with Gasteiger partial charge in [0.15, 0.2) is 5.78 Å². The van der Waals surface area contributed by atoms with Crippen LogP contribution in [0.5, 0.6) is 0 Å². The molecule has 0 saturated carbocycles. The van der Waals surface area contributed by atoms with E-state index in [0.29, 0.717) is 11.1 Å². The highest BCUT2D eigenvalue weighted by Gasteiger charge is 2.07. The Morgan fingerprint density at radius 1 is 1.14 bits per heavy atom. The average molecular weight is 298 g/mol. The fraction of sp³-hybridized carbons (Fsp3) is 0.235. The van der Waals surface area contributed by atoms with Crippen LogP contribution in [0.2, 0.25) is 0 Å². The van der Waals surface area contributed by atoms with Crippen LogP contribution in [0.25, 0.3) is 6.08 Å². The lowest BCUT2D eigenvalue weighted by Crippen LogP contribution is -2.37. The van der Waals surface area contributed by atoms with E-state index in [4.69, 9.17) is 0 Å². The van der Waals surface area contributed by atoms with Gasteiger partial charge >= 0.3 is 5.69 Å². The van der Waals surface area contributed by atoms with Crippen molar-refractivity contribution < 1.29 is 4.79 Å². The van der Waals surface area contributed by atoms with Gasteiger partial charge in [-0.15, -0.1) is 0 Å². The Kier molecular flexibility index (Phi) is 4.26. The Bertz CT molecular complexity index is 886. The van der Waals surface area contributed by atoms with Gasteiger partial charge in [-0.1, -0.05) is 23.8 Å². The normalized spacial score (nSPS) is 11.1. The van der Waals surface area contributed by atoms with Crippen LogP contribution >= 0.6 is 0 Å². The molecule has 5 nitrogen and oxygen atoms in total. The van der Waals surface area contributed by atoms with Crippen molar-refractivity contribution in [3.63, 3.8) is 0 Å². The predicted molar refractivity (Wildman–Crippen MR) is 86.2 cm³/mol. The maximum atomic E-state index is 12.2. The first-order chi connectivity index (χ1) is 10.3. The summed E-state index contributed by atoms with van der Waals surface area (Å²) in [6, 6.07) is 5.59. The summed E-state index contributed by atoms with van der Waals surface area (Å²) in [6.07, 6.45) is 4.23. The van der Waals surface area contributed by atoms with Crippen molar-refractivity contribution in [2.24, 2.45) is 14.1 Å². The second-order valence-corrected chi connectivity index (χ2v) is 5.36. The van der Waals surface area contributed by atoms with Gasteiger partial charge in [0.1, 0.15) is 0 Å². The molecule has 0 aliphatic rings. The molecule has 2 aromatic rings. The van der Waals surface area contributed by atoms with Crippen LogP contribution in [0.3, 0.4) is 0 Å². The summed E-state index contributed by atoms with van der Waals surface area (Å²) in [4.78, 5) is 35.8. The minimum Gasteiger partial charge on any atom is -0.303 e. The molecule has 0 radical (unpaired) electrons. The highest BCUT2D eigenvalue weighted by atomic mass is 16.2. The molecule has 0 aliphatic carbocycles. The fourth-order valence-corrected chi connectivity index (χ4v) is 2.30. The summed E-state index contributed by atoms with van der Waals surface area (Å²) < 4.78 is 2.32. The molecule has 0 atom stereocenters. The fourth-order valence-electron chi connectivity index (χ4n) is 2.30. The molecule has 0 spiro atoms. The second kappa shape index (κ2) is 5.97. The highest BCUT2D eigenvalue weighted by molar-refractivity contribution is 6.07. The zero-order chi connectivity index (χ0) is 16.4. The van der Waals surface area contributed by atoms with Gasteiger partial charge in [0.25, 0.3) is 5.56 Å². The molecule has 0 unspecified atom stereocenters. The lowest BCUT2D eigenvalue weighted by atomic mass is 10.0. The Hall–Kier alpha value is -2.69. The minimum absolute atomic E-state index is 0.173. The van der Waals surface area contributed by atoms with E-state index in [9.17, 15) is 14.4 Å². The number of carbonyl (C=O) groups excluding carboxylic acids is 1. The summed E-state index contributed by atoms with van der Waals surface area (Å²) in [5.41, 5.74) is 2.05. The summed E-state index contributed by atoms with van der Waals surface area (Å²) >= 11 is 0. The lowest BCUT2D eigenvalue weighted by Gasteiger charge is -2.04. The van der Waals surface area contributed by atoms with Gasteiger partial charge < -0.3 is 4.57 Å². The first-order valence-electron chi connectivity index (χ1n) is 6.87. The molecule has 0 fully saturated rings. The second-order valence-electron chi connectivity index (χ2n) is 5.36. The van der Waals surface area contributed by atoms with Crippen molar-refractivity contribution in [1.29, 1.82) is 0 Å². The van der Waals surface area contributed by atoms with Gasteiger partial charge in [0.05, 0.1) is 5.56 Å². The van der Waals surface area contributed by atoms with Crippen molar-refractivity contribution in [2.45, 2.75) is 13.8 Å². The largest absolute Gasteiger partial charge is 0.330 e. The van der Waals surface area contributed by atoms with Crippen molar-refractivity contribution in [2.75, 3.05) is 0 Å². The van der Waals surface area contributed by atoms with E-state index in [1.54, 1.807) is 13.1 Å². The molecular weight excluding hydrogens is 280 g/mol. The Morgan fingerprint density at radius 3 is 2.45 bits per heavy atom. The standard InChI is InChI=1S/C17H18N2O3/c1-11-5-7-14(12(2)9-11)15(20)8-6-13-10-18(3)17(22)19(4)16(13)21/h5-10H,1-4H3. The van der Waals surface area contributed by atoms with Gasteiger partial charge in [-0.05, 0) is 31.6 Å². The topological polar surface area (TPSA) is 61.1 Å². The van der Waals surface area contributed by atoms with Gasteiger partial charge in [-0.2, -0.15) is 0 Å². The average Bonchev–Trinajstić information content (AvgIpc) is 2.47. The van der Waals surface area contributed by atoms with E-state index < -0.39 is 11.2 Å². The molecule has 0 amide bonds. The number of hydrogen-bond donors (Lipinski definition) is 0. The number of aromatic nitrogens is 2. The molecule has 0 saturated heterocycles. The van der Waals surface area contributed by atoms with Crippen LogP contribution in [0.4, 0.5) is 0 Å². The highest BCUT2D eigenvalue weighted by Crippen LogP contribution is 2.12. The van der Waals surface area contributed by atoms with Gasteiger partial charge in [0.2, 0.25) is 0 Å². The van der Waals surface area contributed by atoms with E-state index >= 15 is 0 Å². The van der Waals surface area contributed by atoms with Crippen molar-refractivity contribution in [3.8, 4) is 0 Å². The number of hydrogen-bond acceptors (Lipinski definition) is 3. The number of ketones is 1. The maximum Gasteiger partial charge on any atom is 0.330 e. The molecular formula is C17H18N2O3. The van der Waals surface area contributed by atoms with Crippen molar-refractivity contribution >= 4 is 11.9 Å². The number of allylic oxidation sites excluding steroid dienone is 1. The van der Waals surface area contributed by atoms with Crippen LogP contribution in [-0.4, -0.2) is 14.9 Å². The predicted octanol–water partition coefficient (Wildman–Crippen LogP) is 1.60. The monoisotopic (exact) mass is 298 g/mol. The van der Waals surface area contributed by atoms with E-state index in [1.165, 1.54) is 30.0 Å². The number of aryl methyl sites for hydroxylation is 3. The summed E-state index contributed by atoms with van der Waals surface area (Å²) in [5.74, 6) is -0.173. The van der Waals surface area contributed by atoms with Crippen molar-refractivity contribution in [1.82, 2.24) is 9.13 Å². The third-order valence-corrected chi connectivity index (χ3v) is 3.53. The molecule has 1 aromatic carbocycles. The molecule has 5 heteroatoms. The quantitative estimate of drug-likeness (QED) is 0.639. The maximum absolute atomic E-state index is 12.2. The molecule has 1 heterocycles. The third kappa shape index (κ3) is 2.98. The Balaban J connectivity index is 2.39. The summed E-state index contributed by atoms with van der Waals surface area (Å²) in [7, 11) is 2.97. The van der Waals surface area contributed by atoms with Crippen molar-refractivity contribution in [3.05, 3.63) is 73.6 Å². The molecule has 0 aliphatic heterocycles. The van der Waals surface area contributed by atoms with Gasteiger partial charge in [-0.25, -0.2) is 4.79 Å². The molecule has 114 valence electrons. The number of benzene rings is 1. The van der Waals surface area contributed by atoms with Crippen LogP contribution in [0, 0.1) is 13.8 Å². The number of rotatable bonds is 3. The first kappa shape index (κ1) is 15.7. The number of carbonyl (C=O) groups is 1. The third-order valence-electron chi connectivity index (χ3n) is 3.53. The Labute approximate surface area is 128 Å². The summed E-state index contributed by atoms with van der Waals surface area (Å²) in [6.45, 7) is 3.84. The van der Waals surface area contributed by atoms with Gasteiger partial charge in [0, 0.05) is 25.9 Å². The minimum atomic E-state index is -0.423. The van der Waals surface area contributed by atoms with E-state index in [-0.39, 0.29) is 5.78 Å². The zero-order valence-electron chi connectivity index (χ0n) is 13.1. The Morgan fingerprint density at radius 2 is 1.82 bits per heavy atom. The van der Waals surface area contributed by atoms with E-state index in [1.807, 2.05) is 26.0 Å².